The van der Waals surface area contributed by atoms with E-state index in [1.807, 2.05) is 0 Å². The summed E-state index contributed by atoms with van der Waals surface area (Å²) in [7, 11) is 0. The molecular formula is C8H17N. The maximum absolute atomic E-state index is 2.57. The predicted octanol–water partition coefficient (Wildman–Crippen LogP) is 1.88. The van der Waals surface area contributed by atoms with E-state index in [4.69, 9.17) is 0 Å². The Morgan fingerprint density at radius 3 is 2.44 bits per heavy atom. The van der Waals surface area contributed by atoms with Gasteiger partial charge < -0.3 is 4.90 Å². The summed E-state index contributed by atoms with van der Waals surface area (Å²) in [5, 5.41) is 0. The van der Waals surface area contributed by atoms with Crippen molar-refractivity contribution in [1.29, 1.82) is 0 Å². The van der Waals surface area contributed by atoms with E-state index in [1.165, 1.54) is 45.3 Å². The molecule has 1 rings (SSSR count). The fourth-order valence-corrected chi connectivity index (χ4v) is 1.39. The van der Waals surface area contributed by atoms with Gasteiger partial charge in [0.25, 0.3) is 0 Å². The van der Waals surface area contributed by atoms with Crippen LogP contribution in [-0.4, -0.2) is 24.5 Å². The van der Waals surface area contributed by atoms with Crippen molar-refractivity contribution in [2.24, 2.45) is 0 Å². The molecule has 1 heteroatoms. The van der Waals surface area contributed by atoms with E-state index in [0.29, 0.717) is 0 Å². The van der Waals surface area contributed by atoms with Crippen LogP contribution in [0.1, 0.15) is 32.6 Å². The molecule has 0 bridgehead atoms. The minimum Gasteiger partial charge on any atom is -0.303 e. The van der Waals surface area contributed by atoms with Gasteiger partial charge in [0.05, 0.1) is 0 Å². The van der Waals surface area contributed by atoms with E-state index in [9.17, 15) is 0 Å². The Labute approximate surface area is 58.0 Å². The Kier molecular flexibility index (Phi) is 3.05. The third kappa shape index (κ3) is 2.35. The highest BCUT2D eigenvalue weighted by Crippen LogP contribution is 2.07. The van der Waals surface area contributed by atoms with Gasteiger partial charge in [0.2, 0.25) is 0 Å². The first-order chi connectivity index (χ1) is 4.43. The lowest BCUT2D eigenvalue weighted by Crippen LogP contribution is -2.19. The summed E-state index contributed by atoms with van der Waals surface area (Å²) in [6.07, 6.45) is 5.60. The lowest BCUT2D eigenvalue weighted by atomic mass is 10.3. The molecule has 1 aliphatic rings. The molecule has 0 atom stereocenters. The van der Waals surface area contributed by atoms with Gasteiger partial charge in [-0.2, -0.15) is 0 Å². The zero-order valence-corrected chi connectivity index (χ0v) is 6.40. The maximum atomic E-state index is 2.57. The van der Waals surface area contributed by atoms with Crippen molar-refractivity contribution in [3.05, 3.63) is 0 Å². The van der Waals surface area contributed by atoms with Crippen molar-refractivity contribution in [2.45, 2.75) is 32.6 Å². The first-order valence-corrected chi connectivity index (χ1v) is 4.16. The highest BCUT2D eigenvalue weighted by atomic mass is 15.1. The Hall–Kier alpha value is -0.0400. The molecule has 0 N–H and O–H groups in total. The second-order valence-corrected chi connectivity index (χ2v) is 2.90. The Bertz CT molecular complexity index is 65.0. The van der Waals surface area contributed by atoms with Gasteiger partial charge in [-0.25, -0.2) is 0 Å². The van der Waals surface area contributed by atoms with Gasteiger partial charge in [0, 0.05) is 0 Å². The van der Waals surface area contributed by atoms with E-state index < -0.39 is 0 Å². The summed E-state index contributed by atoms with van der Waals surface area (Å²) >= 11 is 0. The molecule has 1 nitrogen and oxygen atoms in total. The molecular weight excluding hydrogens is 110 g/mol. The number of likely N-dealkylation sites (tertiary alicyclic amines) is 1. The van der Waals surface area contributed by atoms with E-state index in [-0.39, 0.29) is 0 Å². The average molecular weight is 127 g/mol. The maximum Gasteiger partial charge on any atom is -0.00183 e. The van der Waals surface area contributed by atoms with Crippen molar-refractivity contribution in [2.75, 3.05) is 19.6 Å². The fourth-order valence-electron chi connectivity index (χ4n) is 1.39. The zero-order valence-electron chi connectivity index (χ0n) is 6.40. The molecule has 0 aromatic rings. The number of rotatable bonds is 3. The van der Waals surface area contributed by atoms with E-state index >= 15 is 0 Å². The predicted molar refractivity (Wildman–Crippen MR) is 40.6 cm³/mol. The van der Waals surface area contributed by atoms with Crippen LogP contribution < -0.4 is 0 Å². The third-order valence-electron chi connectivity index (χ3n) is 2.03. The monoisotopic (exact) mass is 127 g/mol. The highest BCUT2D eigenvalue weighted by Gasteiger charge is 2.08. The molecule has 9 heavy (non-hydrogen) atoms. The number of hydrogen-bond donors (Lipinski definition) is 0. The van der Waals surface area contributed by atoms with Crippen molar-refractivity contribution >= 4 is 0 Å². The molecule has 0 spiro atoms. The first-order valence-electron chi connectivity index (χ1n) is 4.16. The topological polar surface area (TPSA) is 3.24 Å². The smallest absolute Gasteiger partial charge is 0.00183 e. The van der Waals surface area contributed by atoms with Gasteiger partial charge in [-0.1, -0.05) is 13.3 Å². The quantitative estimate of drug-likeness (QED) is 0.559. The van der Waals surface area contributed by atoms with Crippen molar-refractivity contribution in [3.8, 4) is 0 Å². The molecule has 0 aromatic carbocycles. The second kappa shape index (κ2) is 3.89. The van der Waals surface area contributed by atoms with Crippen LogP contribution in [-0.2, 0) is 0 Å². The van der Waals surface area contributed by atoms with Gasteiger partial charge in [0.1, 0.15) is 0 Å². The minimum absolute atomic E-state index is 1.34. The van der Waals surface area contributed by atoms with E-state index in [2.05, 4.69) is 11.8 Å². The van der Waals surface area contributed by atoms with E-state index in [1.54, 1.807) is 0 Å². The summed E-state index contributed by atoms with van der Waals surface area (Å²) < 4.78 is 0. The molecule has 0 unspecified atom stereocenters. The zero-order chi connectivity index (χ0) is 6.53. The molecule has 0 aromatic heterocycles. The molecule has 0 radical (unpaired) electrons. The summed E-state index contributed by atoms with van der Waals surface area (Å²) in [6.45, 7) is 6.33. The highest BCUT2D eigenvalue weighted by molar-refractivity contribution is 4.64. The third-order valence-corrected chi connectivity index (χ3v) is 2.03. The Morgan fingerprint density at radius 2 is 1.89 bits per heavy atom. The number of hydrogen-bond acceptors (Lipinski definition) is 1. The number of unbranched alkanes of at least 4 members (excludes halogenated alkanes) is 1. The summed E-state index contributed by atoms with van der Waals surface area (Å²) in [6, 6.07) is 0. The van der Waals surface area contributed by atoms with Gasteiger partial charge in [-0.15, -0.1) is 0 Å². The van der Waals surface area contributed by atoms with Gasteiger partial charge in [-0.3, -0.25) is 0 Å². The van der Waals surface area contributed by atoms with Crippen molar-refractivity contribution in [3.63, 3.8) is 0 Å². The molecule has 54 valence electrons. The fraction of sp³-hybridized carbons (Fsp3) is 1.00. The van der Waals surface area contributed by atoms with Crippen LogP contribution in [0.3, 0.4) is 0 Å². The average Bonchev–Trinajstić information content (AvgIpc) is 2.34. The minimum atomic E-state index is 1.34. The molecule has 1 heterocycles. The standard InChI is InChI=1S/C8H17N/c1-2-3-6-9-7-4-5-8-9/h2-8H2,1H3. The van der Waals surface area contributed by atoms with Crippen LogP contribution in [0.15, 0.2) is 0 Å². The summed E-state index contributed by atoms with van der Waals surface area (Å²) in [4.78, 5) is 2.57. The van der Waals surface area contributed by atoms with Crippen LogP contribution in [0, 0.1) is 0 Å². The normalized spacial score (nSPS) is 21.0. The molecule has 0 saturated carbocycles. The van der Waals surface area contributed by atoms with Crippen LogP contribution in [0.25, 0.3) is 0 Å². The molecule has 0 aliphatic carbocycles. The van der Waals surface area contributed by atoms with E-state index in [0.717, 1.165) is 0 Å². The lowest BCUT2D eigenvalue weighted by molar-refractivity contribution is 0.332. The Balaban J connectivity index is 1.98. The molecule has 1 aliphatic heterocycles. The van der Waals surface area contributed by atoms with Gasteiger partial charge in [0.15, 0.2) is 0 Å². The van der Waals surface area contributed by atoms with Crippen LogP contribution >= 0.6 is 0 Å². The summed E-state index contributed by atoms with van der Waals surface area (Å²) in [5.41, 5.74) is 0. The SMILES string of the molecule is CCCCN1CCCC1. The number of nitrogens with zero attached hydrogens (tertiary/aromatic N) is 1. The van der Waals surface area contributed by atoms with Crippen molar-refractivity contribution in [1.82, 2.24) is 4.90 Å². The van der Waals surface area contributed by atoms with Crippen molar-refractivity contribution < 1.29 is 0 Å². The Morgan fingerprint density at radius 1 is 1.22 bits per heavy atom. The van der Waals surface area contributed by atoms with Gasteiger partial charge in [-0.05, 0) is 38.9 Å². The largest absolute Gasteiger partial charge is 0.303 e. The lowest BCUT2D eigenvalue weighted by Gasteiger charge is -2.12. The molecule has 1 saturated heterocycles. The van der Waals surface area contributed by atoms with Crippen LogP contribution in [0.4, 0.5) is 0 Å². The first kappa shape index (κ1) is 7.07. The molecule has 0 amide bonds. The van der Waals surface area contributed by atoms with Crippen LogP contribution in [0.5, 0.6) is 0 Å². The van der Waals surface area contributed by atoms with Gasteiger partial charge >= 0.3 is 0 Å². The molecule has 1 fully saturated rings. The van der Waals surface area contributed by atoms with Crippen LogP contribution in [0.2, 0.25) is 0 Å². The summed E-state index contributed by atoms with van der Waals surface area (Å²) in [5.74, 6) is 0. The second-order valence-electron chi connectivity index (χ2n) is 2.90.